The molecule has 3 unspecified atom stereocenters. The first-order valence-electron chi connectivity index (χ1n) is 5.42. The fraction of sp³-hybridized carbons (Fsp3) is 1.00. The van der Waals surface area contributed by atoms with Crippen LogP contribution in [-0.4, -0.2) is 31.8 Å². The van der Waals surface area contributed by atoms with Crippen molar-refractivity contribution in [2.75, 3.05) is 0 Å². The summed E-state index contributed by atoms with van der Waals surface area (Å²) in [7, 11) is -2.98. The Morgan fingerprint density at radius 2 is 1.93 bits per heavy atom. The van der Waals surface area contributed by atoms with Crippen molar-refractivity contribution in [2.45, 2.75) is 55.5 Å². The van der Waals surface area contributed by atoms with Crippen molar-refractivity contribution < 1.29 is 8.42 Å². The maximum atomic E-state index is 11.7. The van der Waals surface area contributed by atoms with Crippen molar-refractivity contribution in [3.05, 3.63) is 0 Å². The van der Waals surface area contributed by atoms with Gasteiger partial charge in [-0.15, -0.1) is 0 Å². The minimum absolute atomic E-state index is 0.0818. The minimum atomic E-state index is -2.98. The zero-order chi connectivity index (χ0) is 9.76. The van der Waals surface area contributed by atoms with E-state index in [0.29, 0.717) is 12.1 Å². The summed E-state index contributed by atoms with van der Waals surface area (Å²) in [6, 6.07) is 1.12. The topological polar surface area (TPSA) is 58.2 Å². The summed E-state index contributed by atoms with van der Waals surface area (Å²) < 4.78 is 26.2. The fourth-order valence-electron chi connectivity index (χ4n) is 2.64. The summed E-state index contributed by atoms with van der Waals surface area (Å²) in [4.78, 5) is 0. The molecule has 1 saturated carbocycles. The molecule has 5 heteroatoms. The summed E-state index contributed by atoms with van der Waals surface area (Å²) in [5, 5.41) is 3.35. The quantitative estimate of drug-likeness (QED) is 0.696. The summed E-state index contributed by atoms with van der Waals surface area (Å²) in [6.45, 7) is 0. The Morgan fingerprint density at radius 1 is 1.14 bits per heavy atom. The number of sulfonamides is 1. The van der Waals surface area contributed by atoms with Crippen molar-refractivity contribution in [3.63, 3.8) is 0 Å². The predicted octanol–water partition coefficient (Wildman–Crippen LogP) is -0.0389. The maximum absolute atomic E-state index is 11.7. The molecule has 0 aromatic carbocycles. The maximum Gasteiger partial charge on any atom is 0.214 e. The molecule has 0 radical (unpaired) electrons. The van der Waals surface area contributed by atoms with Crippen LogP contribution >= 0.6 is 0 Å². The second-order valence-electron chi connectivity index (χ2n) is 4.75. The normalized spacial score (nSPS) is 41.9. The Labute approximate surface area is 84.5 Å². The van der Waals surface area contributed by atoms with Crippen molar-refractivity contribution in [2.24, 2.45) is 0 Å². The molecule has 2 saturated heterocycles. The molecule has 14 heavy (non-hydrogen) atoms. The van der Waals surface area contributed by atoms with Gasteiger partial charge >= 0.3 is 0 Å². The summed E-state index contributed by atoms with van der Waals surface area (Å²) >= 11 is 0. The van der Waals surface area contributed by atoms with E-state index in [0.717, 1.165) is 25.7 Å². The number of fused-ring (bicyclic) bond motifs is 2. The largest absolute Gasteiger partial charge is 0.310 e. The highest BCUT2D eigenvalue weighted by Crippen LogP contribution is 2.32. The van der Waals surface area contributed by atoms with Crippen LogP contribution in [0.2, 0.25) is 0 Å². The van der Waals surface area contributed by atoms with Gasteiger partial charge in [0.25, 0.3) is 0 Å². The number of hydrogen-bond donors (Lipinski definition) is 2. The average Bonchev–Trinajstić information content (AvgIpc) is 2.81. The smallest absolute Gasteiger partial charge is 0.214 e. The molecule has 1 aliphatic carbocycles. The van der Waals surface area contributed by atoms with Crippen LogP contribution in [0, 0.1) is 0 Å². The lowest BCUT2D eigenvalue weighted by Crippen LogP contribution is -2.44. The first-order valence-corrected chi connectivity index (χ1v) is 6.97. The Morgan fingerprint density at radius 3 is 2.43 bits per heavy atom. The third-order valence-corrected chi connectivity index (χ3v) is 5.56. The Bertz CT molecular complexity index is 337. The molecular weight excluding hydrogens is 200 g/mol. The first-order chi connectivity index (χ1) is 6.65. The molecule has 0 aromatic rings. The monoisotopic (exact) mass is 216 g/mol. The zero-order valence-corrected chi connectivity index (χ0v) is 8.89. The molecule has 80 valence electrons. The molecule has 0 amide bonds. The molecule has 4 nitrogen and oxygen atoms in total. The van der Waals surface area contributed by atoms with Gasteiger partial charge in [0.1, 0.15) is 0 Å². The highest BCUT2D eigenvalue weighted by atomic mass is 32.2. The van der Waals surface area contributed by atoms with E-state index >= 15 is 0 Å². The van der Waals surface area contributed by atoms with E-state index in [1.165, 1.54) is 6.42 Å². The van der Waals surface area contributed by atoms with Gasteiger partial charge in [0.05, 0.1) is 5.25 Å². The highest BCUT2D eigenvalue weighted by molar-refractivity contribution is 7.90. The van der Waals surface area contributed by atoms with E-state index in [4.69, 9.17) is 0 Å². The van der Waals surface area contributed by atoms with Gasteiger partial charge in [0.2, 0.25) is 10.0 Å². The molecular formula is C9H16N2O2S. The molecule has 3 aliphatic rings. The molecule has 2 heterocycles. The first kappa shape index (κ1) is 9.12. The Kier molecular flexibility index (Phi) is 1.91. The third-order valence-electron chi connectivity index (χ3n) is 3.58. The number of hydrogen-bond acceptors (Lipinski definition) is 3. The Balaban J connectivity index is 1.67. The van der Waals surface area contributed by atoms with Gasteiger partial charge in [-0.25, -0.2) is 13.1 Å². The minimum Gasteiger partial charge on any atom is -0.310 e. The van der Waals surface area contributed by atoms with E-state index < -0.39 is 10.0 Å². The number of nitrogens with one attached hydrogen (secondary N) is 2. The molecule has 3 fully saturated rings. The lowest BCUT2D eigenvalue weighted by Gasteiger charge is -2.21. The number of rotatable bonds is 3. The fourth-order valence-corrected chi connectivity index (χ4v) is 4.27. The van der Waals surface area contributed by atoms with Gasteiger partial charge in [-0.2, -0.15) is 0 Å². The van der Waals surface area contributed by atoms with Crippen molar-refractivity contribution in [1.82, 2.24) is 10.0 Å². The van der Waals surface area contributed by atoms with Crippen LogP contribution in [0.3, 0.4) is 0 Å². The standard InChI is InChI=1S/C9H16N2O2S/c12-14(13,7-2-3-7)11-9-5-6-1-4-8(9)10-6/h6-11H,1-5H2. The van der Waals surface area contributed by atoms with Crippen LogP contribution in [0.15, 0.2) is 0 Å². The van der Waals surface area contributed by atoms with Gasteiger partial charge in [-0.3, -0.25) is 0 Å². The van der Waals surface area contributed by atoms with Crippen LogP contribution in [0.5, 0.6) is 0 Å². The molecule has 0 aromatic heterocycles. The van der Waals surface area contributed by atoms with Gasteiger partial charge in [0, 0.05) is 18.1 Å². The van der Waals surface area contributed by atoms with E-state index in [2.05, 4.69) is 10.0 Å². The van der Waals surface area contributed by atoms with Crippen LogP contribution in [0.1, 0.15) is 32.1 Å². The van der Waals surface area contributed by atoms with E-state index in [9.17, 15) is 8.42 Å². The summed E-state index contributed by atoms with van der Waals surface area (Å²) in [5.41, 5.74) is 0. The SMILES string of the molecule is O=S(=O)(NC1CC2CCC1N2)C1CC1. The second kappa shape index (κ2) is 2.93. The molecule has 3 rings (SSSR count). The van der Waals surface area contributed by atoms with Crippen LogP contribution in [-0.2, 0) is 10.0 Å². The summed E-state index contributed by atoms with van der Waals surface area (Å²) in [6.07, 6.45) is 5.03. The zero-order valence-electron chi connectivity index (χ0n) is 8.07. The van der Waals surface area contributed by atoms with Crippen LogP contribution < -0.4 is 10.0 Å². The van der Waals surface area contributed by atoms with Crippen LogP contribution in [0.25, 0.3) is 0 Å². The highest BCUT2D eigenvalue weighted by Gasteiger charge is 2.44. The van der Waals surface area contributed by atoms with E-state index in [1.54, 1.807) is 0 Å². The molecule has 2 aliphatic heterocycles. The van der Waals surface area contributed by atoms with Crippen molar-refractivity contribution in [1.29, 1.82) is 0 Å². The molecule has 2 N–H and O–H groups in total. The van der Waals surface area contributed by atoms with Gasteiger partial charge < -0.3 is 5.32 Å². The van der Waals surface area contributed by atoms with Gasteiger partial charge in [-0.05, 0) is 32.1 Å². The van der Waals surface area contributed by atoms with E-state index in [1.807, 2.05) is 0 Å². The van der Waals surface area contributed by atoms with Crippen molar-refractivity contribution >= 4 is 10.0 Å². The van der Waals surface area contributed by atoms with Crippen molar-refractivity contribution in [3.8, 4) is 0 Å². The van der Waals surface area contributed by atoms with Crippen LogP contribution in [0.4, 0.5) is 0 Å². The average molecular weight is 216 g/mol. The molecule has 3 atom stereocenters. The molecule has 2 bridgehead atoms. The lowest BCUT2D eigenvalue weighted by atomic mass is 9.96. The van der Waals surface area contributed by atoms with Gasteiger partial charge in [-0.1, -0.05) is 0 Å². The van der Waals surface area contributed by atoms with Gasteiger partial charge in [0.15, 0.2) is 0 Å². The lowest BCUT2D eigenvalue weighted by molar-refractivity contribution is 0.460. The second-order valence-corrected chi connectivity index (χ2v) is 6.74. The summed E-state index contributed by atoms with van der Waals surface area (Å²) in [5.74, 6) is 0. The predicted molar refractivity (Wildman–Crippen MR) is 53.4 cm³/mol. The third kappa shape index (κ3) is 1.47. The molecule has 0 spiro atoms. The van der Waals surface area contributed by atoms with E-state index in [-0.39, 0.29) is 11.3 Å². The Hall–Kier alpha value is -0.130.